The van der Waals surface area contributed by atoms with Crippen molar-refractivity contribution in [3.8, 4) is 6.07 Å². The van der Waals surface area contributed by atoms with Crippen LogP contribution in [0.25, 0.3) is 0 Å². The molecule has 0 N–H and O–H groups in total. The van der Waals surface area contributed by atoms with Gasteiger partial charge >= 0.3 is 0 Å². The third-order valence-corrected chi connectivity index (χ3v) is 2.64. The van der Waals surface area contributed by atoms with E-state index in [-0.39, 0.29) is 5.92 Å². The minimum atomic E-state index is -0.0315. The maximum Gasteiger partial charge on any atom is 0.0656 e. The Morgan fingerprint density at radius 2 is 2.15 bits per heavy atom. The Balaban J connectivity index is 2.90. The molecule has 1 atom stereocenters. The Hall–Kier alpha value is -0.710. The average molecular weight is 214 g/mol. The minimum Gasteiger partial charge on any atom is -0.198 e. The van der Waals surface area contributed by atoms with Gasteiger partial charge in [-0.1, -0.05) is 35.3 Å². The lowest BCUT2D eigenvalue weighted by Gasteiger charge is -2.06. The van der Waals surface area contributed by atoms with Crippen molar-refractivity contribution in [1.82, 2.24) is 0 Å². The Morgan fingerprint density at radius 3 is 2.77 bits per heavy atom. The van der Waals surface area contributed by atoms with E-state index in [0.717, 1.165) is 5.56 Å². The van der Waals surface area contributed by atoms with Crippen molar-refractivity contribution in [2.75, 3.05) is 0 Å². The van der Waals surface area contributed by atoms with Gasteiger partial charge in [0.1, 0.15) is 0 Å². The van der Waals surface area contributed by atoms with E-state index in [1.54, 1.807) is 6.07 Å². The minimum absolute atomic E-state index is 0.0315. The van der Waals surface area contributed by atoms with Crippen LogP contribution in [0.4, 0.5) is 0 Å². The van der Waals surface area contributed by atoms with E-state index in [9.17, 15) is 0 Å². The molecule has 0 radical (unpaired) electrons. The molecule has 1 aromatic rings. The molecule has 68 valence electrons. The highest BCUT2D eigenvalue weighted by atomic mass is 35.5. The molecule has 1 rings (SSSR count). The monoisotopic (exact) mass is 213 g/mol. The summed E-state index contributed by atoms with van der Waals surface area (Å²) in [6, 6.07) is 7.63. The first-order valence-corrected chi connectivity index (χ1v) is 4.73. The van der Waals surface area contributed by atoms with Crippen LogP contribution >= 0.6 is 23.2 Å². The van der Waals surface area contributed by atoms with E-state index >= 15 is 0 Å². The van der Waals surface area contributed by atoms with Gasteiger partial charge in [-0.3, -0.25) is 0 Å². The van der Waals surface area contributed by atoms with Gasteiger partial charge in [0.05, 0.1) is 16.1 Å². The summed E-state index contributed by atoms with van der Waals surface area (Å²) in [5.41, 5.74) is 0.934. The fourth-order valence-corrected chi connectivity index (χ4v) is 1.48. The predicted octanol–water partition coefficient (Wildman–Crippen LogP) is 3.70. The number of halogens is 2. The zero-order valence-electron chi connectivity index (χ0n) is 7.22. The molecular weight excluding hydrogens is 205 g/mol. The third kappa shape index (κ3) is 2.62. The molecule has 0 heterocycles. The Morgan fingerprint density at radius 1 is 1.46 bits per heavy atom. The second-order valence-electron chi connectivity index (χ2n) is 2.95. The van der Waals surface area contributed by atoms with Crippen LogP contribution in [0.5, 0.6) is 0 Å². The average Bonchev–Trinajstić information content (AvgIpc) is 2.13. The molecule has 3 heteroatoms. The molecule has 0 saturated heterocycles. The zero-order valence-corrected chi connectivity index (χ0v) is 8.73. The summed E-state index contributed by atoms with van der Waals surface area (Å²) in [6.07, 6.45) is 0.649. The largest absolute Gasteiger partial charge is 0.198 e. The molecule has 0 aromatic heterocycles. The Bertz CT molecular complexity index is 341. The first kappa shape index (κ1) is 10.4. The van der Waals surface area contributed by atoms with E-state index in [2.05, 4.69) is 6.07 Å². The number of hydrogen-bond acceptors (Lipinski definition) is 1. The van der Waals surface area contributed by atoms with Gasteiger partial charge < -0.3 is 0 Å². The van der Waals surface area contributed by atoms with Crippen molar-refractivity contribution in [2.45, 2.75) is 13.3 Å². The van der Waals surface area contributed by atoms with Crippen LogP contribution < -0.4 is 0 Å². The molecule has 0 aliphatic heterocycles. The van der Waals surface area contributed by atoms with Crippen LogP contribution in [-0.2, 0) is 6.42 Å². The van der Waals surface area contributed by atoms with Crippen LogP contribution in [0.2, 0.25) is 10.0 Å². The van der Waals surface area contributed by atoms with E-state index in [4.69, 9.17) is 28.5 Å². The summed E-state index contributed by atoms with van der Waals surface area (Å²) in [6.45, 7) is 1.86. The summed E-state index contributed by atoms with van der Waals surface area (Å²) in [7, 11) is 0. The number of benzene rings is 1. The standard InChI is InChI=1S/C10H9Cl2N/c1-7(6-13)5-8-3-2-4-9(11)10(8)12/h2-4,7H,5H2,1H3. The van der Waals surface area contributed by atoms with Gasteiger partial charge in [-0.05, 0) is 25.0 Å². The molecule has 0 aliphatic carbocycles. The zero-order chi connectivity index (χ0) is 9.84. The van der Waals surface area contributed by atoms with Crippen LogP contribution in [0.1, 0.15) is 12.5 Å². The van der Waals surface area contributed by atoms with Gasteiger partial charge in [-0.2, -0.15) is 5.26 Å². The number of nitrogens with zero attached hydrogens (tertiary/aromatic N) is 1. The molecule has 1 unspecified atom stereocenters. The lowest BCUT2D eigenvalue weighted by Crippen LogP contribution is -1.96. The van der Waals surface area contributed by atoms with Crippen molar-refractivity contribution in [1.29, 1.82) is 5.26 Å². The van der Waals surface area contributed by atoms with E-state index in [0.29, 0.717) is 16.5 Å². The predicted molar refractivity (Wildman–Crippen MR) is 54.9 cm³/mol. The Labute approximate surface area is 87.9 Å². The molecule has 13 heavy (non-hydrogen) atoms. The lowest BCUT2D eigenvalue weighted by atomic mass is 10.0. The van der Waals surface area contributed by atoms with E-state index < -0.39 is 0 Å². The van der Waals surface area contributed by atoms with Crippen molar-refractivity contribution < 1.29 is 0 Å². The number of hydrogen-bond donors (Lipinski definition) is 0. The summed E-state index contributed by atoms with van der Waals surface area (Å²) in [5.74, 6) is -0.0315. The highest BCUT2D eigenvalue weighted by Crippen LogP contribution is 2.27. The quantitative estimate of drug-likeness (QED) is 0.736. The summed E-state index contributed by atoms with van der Waals surface area (Å²) < 4.78 is 0. The van der Waals surface area contributed by atoms with Crippen LogP contribution in [0, 0.1) is 17.2 Å². The highest BCUT2D eigenvalue weighted by molar-refractivity contribution is 6.42. The van der Waals surface area contributed by atoms with Gasteiger partial charge in [0, 0.05) is 5.92 Å². The molecule has 0 bridgehead atoms. The van der Waals surface area contributed by atoms with Crippen LogP contribution in [0.15, 0.2) is 18.2 Å². The molecule has 0 aliphatic rings. The second-order valence-corrected chi connectivity index (χ2v) is 3.73. The van der Waals surface area contributed by atoms with Crippen molar-refractivity contribution in [3.63, 3.8) is 0 Å². The van der Waals surface area contributed by atoms with Gasteiger partial charge in [-0.15, -0.1) is 0 Å². The van der Waals surface area contributed by atoms with E-state index in [1.807, 2.05) is 19.1 Å². The fraction of sp³-hybridized carbons (Fsp3) is 0.300. The van der Waals surface area contributed by atoms with Gasteiger partial charge in [0.15, 0.2) is 0 Å². The Kier molecular flexibility index (Phi) is 3.59. The maximum absolute atomic E-state index is 8.63. The molecule has 1 aromatic carbocycles. The molecule has 1 nitrogen and oxygen atoms in total. The SMILES string of the molecule is CC(C#N)Cc1cccc(Cl)c1Cl. The molecule has 0 spiro atoms. The van der Waals surface area contributed by atoms with E-state index in [1.165, 1.54) is 0 Å². The highest BCUT2D eigenvalue weighted by Gasteiger charge is 2.07. The number of rotatable bonds is 2. The first-order valence-electron chi connectivity index (χ1n) is 3.97. The molecule has 0 amide bonds. The second kappa shape index (κ2) is 4.50. The topological polar surface area (TPSA) is 23.8 Å². The van der Waals surface area contributed by atoms with Crippen molar-refractivity contribution in [2.24, 2.45) is 5.92 Å². The fourth-order valence-electron chi connectivity index (χ4n) is 1.08. The lowest BCUT2D eigenvalue weighted by molar-refractivity contribution is 0.739. The summed E-state index contributed by atoms with van der Waals surface area (Å²) >= 11 is 11.8. The third-order valence-electron chi connectivity index (χ3n) is 1.78. The normalized spacial score (nSPS) is 12.2. The smallest absolute Gasteiger partial charge is 0.0656 e. The van der Waals surface area contributed by atoms with Crippen LogP contribution in [0.3, 0.4) is 0 Å². The van der Waals surface area contributed by atoms with Crippen LogP contribution in [-0.4, -0.2) is 0 Å². The van der Waals surface area contributed by atoms with Gasteiger partial charge in [0.25, 0.3) is 0 Å². The molecule has 0 saturated carbocycles. The van der Waals surface area contributed by atoms with Crippen molar-refractivity contribution in [3.05, 3.63) is 33.8 Å². The molecule has 0 fully saturated rings. The first-order chi connectivity index (χ1) is 6.15. The number of nitriles is 1. The summed E-state index contributed by atoms with van der Waals surface area (Å²) in [4.78, 5) is 0. The maximum atomic E-state index is 8.63. The van der Waals surface area contributed by atoms with Crippen molar-refractivity contribution >= 4 is 23.2 Å². The van der Waals surface area contributed by atoms with Gasteiger partial charge in [-0.25, -0.2) is 0 Å². The summed E-state index contributed by atoms with van der Waals surface area (Å²) in [5, 5.41) is 9.74. The van der Waals surface area contributed by atoms with Gasteiger partial charge in [0.2, 0.25) is 0 Å². The molecular formula is C10H9Cl2N.